The van der Waals surface area contributed by atoms with E-state index < -0.39 is 0 Å². The van der Waals surface area contributed by atoms with Gasteiger partial charge in [-0.05, 0) is 0 Å². The first-order chi connectivity index (χ1) is 13.2. The van der Waals surface area contributed by atoms with Crippen molar-refractivity contribution < 1.29 is 14.3 Å². The maximum Gasteiger partial charge on any atom is 0.257 e. The quantitative estimate of drug-likeness (QED) is 0.783. The topological polar surface area (TPSA) is 120 Å². The number of nitrogens with two attached hydrogens (primary N) is 1. The first-order valence-electron chi connectivity index (χ1n) is 8.87. The molecule has 0 radical (unpaired) electrons. The van der Waals surface area contributed by atoms with Gasteiger partial charge >= 0.3 is 0 Å². The maximum absolute atomic E-state index is 13.0. The molecule has 0 atom stereocenters. The number of nitrogens with zero attached hydrogens (tertiary/aromatic N) is 6. The Morgan fingerprint density at radius 2 is 1.56 bits per heavy atom. The molecule has 10 nitrogen and oxygen atoms in total. The summed E-state index contributed by atoms with van der Waals surface area (Å²) in [5.74, 6) is 0.601. The summed E-state index contributed by atoms with van der Waals surface area (Å²) in [5, 5.41) is 0. The Kier molecular flexibility index (Phi) is 5.07. The number of aromatic nitrogens is 4. The van der Waals surface area contributed by atoms with E-state index in [9.17, 15) is 4.79 Å². The first kappa shape index (κ1) is 17.6. The number of ether oxygens (including phenoxy) is 2. The molecule has 2 aromatic heterocycles. The van der Waals surface area contributed by atoms with Crippen molar-refractivity contribution in [1.29, 1.82) is 0 Å². The Morgan fingerprint density at radius 3 is 2.22 bits per heavy atom. The lowest BCUT2D eigenvalue weighted by atomic mass is 10.1. The van der Waals surface area contributed by atoms with Crippen LogP contribution in [0.3, 0.4) is 0 Å². The number of hydrogen-bond acceptors (Lipinski definition) is 9. The maximum atomic E-state index is 13.0. The number of anilines is 2. The summed E-state index contributed by atoms with van der Waals surface area (Å²) in [6, 6.07) is 0. The third-order valence-electron chi connectivity index (χ3n) is 4.54. The summed E-state index contributed by atoms with van der Waals surface area (Å²) in [6.45, 7) is 4.79. The molecule has 2 aromatic rings. The summed E-state index contributed by atoms with van der Waals surface area (Å²) in [6.07, 6.45) is 4.73. The number of amides is 1. The lowest BCUT2D eigenvalue weighted by Crippen LogP contribution is -2.41. The molecule has 0 saturated carbocycles. The Hall–Kier alpha value is -2.85. The van der Waals surface area contributed by atoms with Crippen LogP contribution >= 0.6 is 0 Å². The smallest absolute Gasteiger partial charge is 0.257 e. The highest BCUT2D eigenvalue weighted by Gasteiger charge is 2.25. The van der Waals surface area contributed by atoms with E-state index in [-0.39, 0.29) is 11.9 Å². The molecule has 4 heterocycles. The molecule has 2 fully saturated rings. The van der Waals surface area contributed by atoms with E-state index >= 15 is 0 Å². The minimum atomic E-state index is -0.126. The predicted octanol–water partition coefficient (Wildman–Crippen LogP) is -0.175. The van der Waals surface area contributed by atoms with Crippen molar-refractivity contribution in [3.63, 3.8) is 0 Å². The van der Waals surface area contributed by atoms with Crippen LogP contribution in [0.15, 0.2) is 18.6 Å². The normalized spacial score (nSPS) is 17.8. The van der Waals surface area contributed by atoms with Crippen LogP contribution in [0, 0.1) is 0 Å². The van der Waals surface area contributed by atoms with E-state index in [1.807, 2.05) is 4.90 Å². The van der Waals surface area contributed by atoms with Crippen molar-refractivity contribution in [2.24, 2.45) is 0 Å². The van der Waals surface area contributed by atoms with Crippen LogP contribution in [0.4, 0.5) is 11.9 Å². The van der Waals surface area contributed by atoms with Gasteiger partial charge in [-0.25, -0.2) is 19.9 Å². The molecule has 4 rings (SSSR count). The summed E-state index contributed by atoms with van der Waals surface area (Å²) in [7, 11) is 0. The van der Waals surface area contributed by atoms with Crippen molar-refractivity contribution in [3.8, 4) is 11.3 Å². The molecular formula is C17H21N7O3. The molecule has 142 valence electrons. The van der Waals surface area contributed by atoms with Gasteiger partial charge in [0.2, 0.25) is 11.9 Å². The number of rotatable bonds is 3. The Balaban J connectivity index is 1.72. The molecule has 0 unspecified atom stereocenters. The van der Waals surface area contributed by atoms with Gasteiger partial charge in [0, 0.05) is 50.3 Å². The highest BCUT2D eigenvalue weighted by molar-refractivity contribution is 5.99. The van der Waals surface area contributed by atoms with Crippen LogP contribution in [0.25, 0.3) is 11.3 Å². The van der Waals surface area contributed by atoms with Crippen LogP contribution in [-0.2, 0) is 9.47 Å². The molecular weight excluding hydrogens is 350 g/mol. The fraction of sp³-hybridized carbons (Fsp3) is 0.471. The Bertz CT molecular complexity index is 803. The van der Waals surface area contributed by atoms with Crippen molar-refractivity contribution in [1.82, 2.24) is 24.8 Å². The Morgan fingerprint density at radius 1 is 0.926 bits per heavy atom. The number of carbonyl (C=O) groups is 1. The number of nitrogen functional groups attached to an aromatic ring is 1. The van der Waals surface area contributed by atoms with Crippen molar-refractivity contribution in [2.75, 3.05) is 63.2 Å². The zero-order valence-electron chi connectivity index (χ0n) is 14.9. The van der Waals surface area contributed by atoms with E-state index in [0.29, 0.717) is 75.4 Å². The van der Waals surface area contributed by atoms with E-state index in [0.717, 1.165) is 0 Å². The van der Waals surface area contributed by atoms with Gasteiger partial charge in [-0.15, -0.1) is 0 Å². The van der Waals surface area contributed by atoms with Gasteiger partial charge < -0.3 is 25.0 Å². The van der Waals surface area contributed by atoms with Crippen LogP contribution in [0.1, 0.15) is 10.4 Å². The Labute approximate surface area is 156 Å². The lowest BCUT2D eigenvalue weighted by Gasteiger charge is -2.29. The fourth-order valence-electron chi connectivity index (χ4n) is 3.06. The molecule has 2 saturated heterocycles. The third-order valence-corrected chi connectivity index (χ3v) is 4.54. The average molecular weight is 371 g/mol. The highest BCUT2D eigenvalue weighted by Crippen LogP contribution is 2.24. The van der Waals surface area contributed by atoms with Gasteiger partial charge in [-0.2, -0.15) is 0 Å². The first-order valence-corrected chi connectivity index (χ1v) is 8.87. The average Bonchev–Trinajstić information content (AvgIpc) is 2.75. The van der Waals surface area contributed by atoms with Gasteiger partial charge in [0.15, 0.2) is 0 Å². The monoisotopic (exact) mass is 371 g/mol. The SMILES string of the molecule is Nc1ncc(-c2nc(N3CCOCC3)ncc2C(=O)N2CCOCC2)cn1. The lowest BCUT2D eigenvalue weighted by molar-refractivity contribution is 0.0303. The zero-order chi connectivity index (χ0) is 18.6. The molecule has 2 N–H and O–H groups in total. The van der Waals surface area contributed by atoms with Crippen LogP contribution in [-0.4, -0.2) is 83.3 Å². The van der Waals surface area contributed by atoms with E-state index in [1.54, 1.807) is 23.5 Å². The summed E-state index contributed by atoms with van der Waals surface area (Å²) in [5.41, 5.74) is 7.14. The summed E-state index contributed by atoms with van der Waals surface area (Å²) in [4.78, 5) is 34.0. The molecule has 27 heavy (non-hydrogen) atoms. The largest absolute Gasteiger partial charge is 0.378 e. The summed E-state index contributed by atoms with van der Waals surface area (Å²) >= 11 is 0. The number of carbonyl (C=O) groups excluding carboxylic acids is 1. The molecule has 2 aliphatic heterocycles. The molecule has 0 aromatic carbocycles. The second-order valence-electron chi connectivity index (χ2n) is 6.27. The van der Waals surface area contributed by atoms with Crippen molar-refractivity contribution in [3.05, 3.63) is 24.2 Å². The molecule has 10 heteroatoms. The second-order valence-corrected chi connectivity index (χ2v) is 6.27. The fourth-order valence-corrected chi connectivity index (χ4v) is 3.06. The minimum absolute atomic E-state index is 0.126. The van der Waals surface area contributed by atoms with E-state index in [1.165, 1.54) is 0 Å². The molecule has 1 amide bonds. The van der Waals surface area contributed by atoms with Gasteiger partial charge in [-0.3, -0.25) is 4.79 Å². The molecule has 2 aliphatic rings. The minimum Gasteiger partial charge on any atom is -0.378 e. The van der Waals surface area contributed by atoms with Gasteiger partial charge in [-0.1, -0.05) is 0 Å². The van der Waals surface area contributed by atoms with Crippen LogP contribution < -0.4 is 10.6 Å². The standard InChI is InChI=1S/C17H21N7O3/c18-16-19-9-12(10-20-16)14-13(15(25)23-1-5-26-6-2-23)11-21-17(22-14)24-3-7-27-8-4-24/h9-11H,1-8H2,(H2,18,19,20). The third kappa shape index (κ3) is 3.81. The van der Waals surface area contributed by atoms with E-state index in [2.05, 4.69) is 19.9 Å². The van der Waals surface area contributed by atoms with Gasteiger partial charge in [0.1, 0.15) is 0 Å². The molecule has 0 spiro atoms. The van der Waals surface area contributed by atoms with Gasteiger partial charge in [0.25, 0.3) is 5.91 Å². The molecule has 0 aliphatic carbocycles. The summed E-state index contributed by atoms with van der Waals surface area (Å²) < 4.78 is 10.7. The zero-order valence-corrected chi connectivity index (χ0v) is 14.9. The number of hydrogen-bond donors (Lipinski definition) is 1. The highest BCUT2D eigenvalue weighted by atomic mass is 16.5. The van der Waals surface area contributed by atoms with E-state index in [4.69, 9.17) is 15.2 Å². The second kappa shape index (κ2) is 7.80. The van der Waals surface area contributed by atoms with Crippen molar-refractivity contribution in [2.45, 2.75) is 0 Å². The predicted molar refractivity (Wildman–Crippen MR) is 97.2 cm³/mol. The number of morpholine rings is 2. The molecule has 0 bridgehead atoms. The van der Waals surface area contributed by atoms with Gasteiger partial charge in [0.05, 0.1) is 37.7 Å². The van der Waals surface area contributed by atoms with Crippen molar-refractivity contribution >= 4 is 17.8 Å². The van der Waals surface area contributed by atoms with Crippen LogP contribution in [0.2, 0.25) is 0 Å². The van der Waals surface area contributed by atoms with Crippen LogP contribution in [0.5, 0.6) is 0 Å².